The summed E-state index contributed by atoms with van der Waals surface area (Å²) in [6.45, 7) is 8.49. The van der Waals surface area contributed by atoms with Crippen molar-refractivity contribution >= 4 is 13.5 Å². The van der Waals surface area contributed by atoms with Crippen LogP contribution in [0, 0.1) is 6.92 Å². The number of nitrogens with zero attached hydrogens (tertiary/aromatic N) is 1. The first-order chi connectivity index (χ1) is 11.9. The van der Waals surface area contributed by atoms with E-state index in [1.165, 1.54) is 17.6 Å². The number of rotatable bonds is 12. The number of hydrogen-bond acceptors (Lipinski definition) is 5. The average Bonchev–Trinajstić information content (AvgIpc) is 2.55. The summed E-state index contributed by atoms with van der Waals surface area (Å²) in [6.07, 6.45) is 1.47. The minimum absolute atomic E-state index is 0.174. The molecule has 0 aliphatic heterocycles. The van der Waals surface area contributed by atoms with Crippen molar-refractivity contribution in [2.45, 2.75) is 40.5 Å². The van der Waals surface area contributed by atoms with Gasteiger partial charge >= 0.3 is 7.60 Å². The second kappa shape index (κ2) is 11.4. The topological polar surface area (TPSA) is 65.1 Å². The van der Waals surface area contributed by atoms with Gasteiger partial charge in [0.05, 0.1) is 26.0 Å². The van der Waals surface area contributed by atoms with Crippen LogP contribution < -0.4 is 0 Å². The van der Waals surface area contributed by atoms with Gasteiger partial charge in [-0.1, -0.05) is 29.8 Å². The van der Waals surface area contributed by atoms with Crippen LogP contribution >= 0.6 is 7.60 Å². The third kappa shape index (κ3) is 8.63. The molecule has 0 heterocycles. The average molecular weight is 371 g/mol. The van der Waals surface area contributed by atoms with Crippen LogP contribution in [0.25, 0.3) is 0 Å². The van der Waals surface area contributed by atoms with Gasteiger partial charge in [0.25, 0.3) is 0 Å². The number of hydrogen-bond donors (Lipinski definition) is 0. The van der Waals surface area contributed by atoms with E-state index in [4.69, 9.17) is 13.9 Å². The van der Waals surface area contributed by atoms with E-state index in [2.05, 4.69) is 24.3 Å². The van der Waals surface area contributed by atoms with E-state index in [9.17, 15) is 9.36 Å². The molecule has 6 nitrogen and oxygen atoms in total. The van der Waals surface area contributed by atoms with Crippen molar-refractivity contribution in [3.05, 3.63) is 35.4 Å². The molecule has 0 saturated carbocycles. The maximum Gasteiger partial charge on any atom is 0.330 e. The van der Waals surface area contributed by atoms with E-state index in [1.54, 1.807) is 13.8 Å². The fourth-order valence-corrected chi connectivity index (χ4v) is 3.96. The lowest BCUT2D eigenvalue weighted by Crippen LogP contribution is -2.31. The Morgan fingerprint density at radius 2 is 1.72 bits per heavy atom. The van der Waals surface area contributed by atoms with Gasteiger partial charge in [0.2, 0.25) is 5.91 Å². The zero-order valence-electron chi connectivity index (χ0n) is 15.7. The Balaban J connectivity index is 2.42. The van der Waals surface area contributed by atoms with Crippen LogP contribution in [0.4, 0.5) is 0 Å². The summed E-state index contributed by atoms with van der Waals surface area (Å²) < 4.78 is 22.9. The highest BCUT2D eigenvalue weighted by molar-refractivity contribution is 7.53. The standard InChI is InChI=1S/C18H30NO5P/c1-5-23-25(21,24-6-2)15-7-13-19(17(4)20)22-14-12-18-10-8-16(3)9-11-18/h8-11H,5-7,12-15H2,1-4H3. The fraction of sp³-hybridized carbons (Fsp3) is 0.611. The largest absolute Gasteiger partial charge is 0.330 e. The van der Waals surface area contributed by atoms with Crippen LogP contribution in [0.1, 0.15) is 38.3 Å². The third-order valence-electron chi connectivity index (χ3n) is 3.55. The molecule has 0 fully saturated rings. The molecule has 0 aliphatic rings. The van der Waals surface area contributed by atoms with Crippen LogP contribution in [0.5, 0.6) is 0 Å². The summed E-state index contributed by atoms with van der Waals surface area (Å²) in [6, 6.07) is 8.21. The van der Waals surface area contributed by atoms with Crippen LogP contribution in [0.15, 0.2) is 24.3 Å². The fourth-order valence-electron chi connectivity index (χ4n) is 2.31. The van der Waals surface area contributed by atoms with Gasteiger partial charge in [-0.3, -0.25) is 14.2 Å². The number of benzene rings is 1. The van der Waals surface area contributed by atoms with Crippen LogP contribution in [-0.2, 0) is 29.7 Å². The first-order valence-corrected chi connectivity index (χ1v) is 10.5. The predicted molar refractivity (Wildman–Crippen MR) is 98.6 cm³/mol. The Morgan fingerprint density at radius 3 is 2.24 bits per heavy atom. The van der Waals surface area contributed by atoms with Gasteiger partial charge in [0, 0.05) is 13.5 Å². The molecule has 0 unspecified atom stereocenters. The first-order valence-electron chi connectivity index (χ1n) is 8.75. The third-order valence-corrected chi connectivity index (χ3v) is 5.72. The molecule has 142 valence electrons. The number of carbonyl (C=O) groups is 1. The summed E-state index contributed by atoms with van der Waals surface area (Å²) in [7, 11) is -3.08. The molecule has 0 N–H and O–H groups in total. The minimum Gasteiger partial charge on any atom is -0.309 e. The summed E-state index contributed by atoms with van der Waals surface area (Å²) >= 11 is 0. The van der Waals surface area contributed by atoms with Gasteiger partial charge in [-0.05, 0) is 39.2 Å². The molecule has 1 rings (SSSR count). The predicted octanol–water partition coefficient (Wildman–Crippen LogP) is 3.97. The maximum absolute atomic E-state index is 12.4. The maximum atomic E-state index is 12.4. The molecule has 1 aromatic rings. The quantitative estimate of drug-likeness (QED) is 0.411. The number of hydroxylamine groups is 2. The van der Waals surface area contributed by atoms with E-state index in [-0.39, 0.29) is 12.1 Å². The van der Waals surface area contributed by atoms with Gasteiger partial charge in [-0.25, -0.2) is 5.06 Å². The van der Waals surface area contributed by atoms with E-state index < -0.39 is 7.60 Å². The molecular weight excluding hydrogens is 341 g/mol. The first kappa shape index (κ1) is 21.8. The van der Waals surface area contributed by atoms with Gasteiger partial charge in [0.1, 0.15) is 0 Å². The molecule has 25 heavy (non-hydrogen) atoms. The van der Waals surface area contributed by atoms with Crippen molar-refractivity contribution < 1.29 is 23.2 Å². The Morgan fingerprint density at radius 1 is 1.12 bits per heavy atom. The van der Waals surface area contributed by atoms with Crippen LogP contribution in [0.2, 0.25) is 0 Å². The molecule has 0 bridgehead atoms. The van der Waals surface area contributed by atoms with E-state index in [0.29, 0.717) is 32.8 Å². The molecule has 0 saturated heterocycles. The lowest BCUT2D eigenvalue weighted by atomic mass is 10.1. The molecule has 0 atom stereocenters. The Bertz CT molecular complexity index is 551. The van der Waals surface area contributed by atoms with Gasteiger partial charge in [-0.2, -0.15) is 0 Å². The van der Waals surface area contributed by atoms with E-state index in [1.807, 2.05) is 6.92 Å². The summed E-state index contributed by atoms with van der Waals surface area (Å²) in [4.78, 5) is 17.3. The smallest absolute Gasteiger partial charge is 0.309 e. The van der Waals surface area contributed by atoms with E-state index >= 15 is 0 Å². The molecular formula is C18H30NO5P. The summed E-state index contributed by atoms with van der Waals surface area (Å²) in [5.41, 5.74) is 2.37. The molecule has 0 spiro atoms. The van der Waals surface area contributed by atoms with Crippen LogP contribution in [0.3, 0.4) is 0 Å². The van der Waals surface area contributed by atoms with Gasteiger partial charge in [0.15, 0.2) is 0 Å². The van der Waals surface area contributed by atoms with Gasteiger partial charge in [-0.15, -0.1) is 0 Å². The molecule has 0 aliphatic carbocycles. The molecule has 0 aromatic heterocycles. The van der Waals surface area contributed by atoms with Gasteiger partial charge < -0.3 is 9.05 Å². The summed E-state index contributed by atoms with van der Waals surface area (Å²) in [5.74, 6) is -0.174. The SMILES string of the molecule is CCOP(=O)(CCCN(OCCc1ccc(C)cc1)C(C)=O)OCC. The number of aryl methyl sites for hydroxylation is 1. The minimum atomic E-state index is -3.08. The molecule has 1 aromatic carbocycles. The van der Waals surface area contributed by atoms with Crippen molar-refractivity contribution in [3.8, 4) is 0 Å². The highest BCUT2D eigenvalue weighted by Gasteiger charge is 2.23. The number of carbonyl (C=O) groups excluding carboxylic acids is 1. The lowest BCUT2D eigenvalue weighted by Gasteiger charge is -2.22. The molecule has 0 radical (unpaired) electrons. The number of amides is 1. The zero-order chi connectivity index (χ0) is 18.7. The molecule has 7 heteroatoms. The van der Waals surface area contributed by atoms with E-state index in [0.717, 1.165) is 12.0 Å². The monoisotopic (exact) mass is 371 g/mol. The molecule has 1 amide bonds. The second-order valence-corrected chi connectivity index (χ2v) is 7.90. The van der Waals surface area contributed by atoms with Crippen molar-refractivity contribution in [1.82, 2.24) is 5.06 Å². The van der Waals surface area contributed by atoms with Crippen LogP contribution in [-0.4, -0.2) is 43.5 Å². The van der Waals surface area contributed by atoms with Crippen molar-refractivity contribution in [3.63, 3.8) is 0 Å². The Hall–Kier alpha value is -1.20. The van der Waals surface area contributed by atoms with Crippen molar-refractivity contribution in [2.24, 2.45) is 0 Å². The zero-order valence-corrected chi connectivity index (χ0v) is 16.6. The highest BCUT2D eigenvalue weighted by Crippen LogP contribution is 2.48. The second-order valence-electron chi connectivity index (χ2n) is 5.71. The van der Waals surface area contributed by atoms with Crippen molar-refractivity contribution in [1.29, 1.82) is 0 Å². The normalized spacial score (nSPS) is 11.5. The summed E-state index contributed by atoms with van der Waals surface area (Å²) in [5, 5.41) is 1.32. The van der Waals surface area contributed by atoms with Crippen molar-refractivity contribution in [2.75, 3.05) is 32.5 Å². The Kier molecular flexibility index (Phi) is 9.98. The Labute approximate surface area is 150 Å². The highest BCUT2D eigenvalue weighted by atomic mass is 31.2. The lowest BCUT2D eigenvalue weighted by molar-refractivity contribution is -0.183.